The molecule has 2 aliphatic carbocycles. The number of nitrogens with one attached hydrogen (secondary N) is 1. The summed E-state index contributed by atoms with van der Waals surface area (Å²) in [6.07, 6.45) is 15.9. The molecule has 1 aromatic carbocycles. The zero-order chi connectivity index (χ0) is 51.5. The van der Waals surface area contributed by atoms with E-state index in [-0.39, 0.29) is 58.9 Å². The largest absolute Gasteiger partial charge is 0.462 e. The van der Waals surface area contributed by atoms with E-state index in [1.54, 1.807) is 17.8 Å². The second-order valence-corrected chi connectivity index (χ2v) is 25.7. The number of esters is 3. The second kappa shape index (κ2) is 23.2. The number of aromatic nitrogens is 1. The summed E-state index contributed by atoms with van der Waals surface area (Å²) < 4.78 is 36.2. The van der Waals surface area contributed by atoms with Gasteiger partial charge < -0.3 is 33.9 Å². The molecule has 2 aromatic rings. The molecule has 72 heavy (non-hydrogen) atoms. The molecule has 1 aromatic heterocycles. The van der Waals surface area contributed by atoms with Gasteiger partial charge >= 0.3 is 17.9 Å². The van der Waals surface area contributed by atoms with Gasteiger partial charge in [0.15, 0.2) is 0 Å². The third kappa shape index (κ3) is 11.1. The van der Waals surface area contributed by atoms with Crippen LogP contribution in [-0.4, -0.2) is 108 Å². The van der Waals surface area contributed by atoms with Gasteiger partial charge in [-0.15, -0.1) is 18.3 Å². The minimum Gasteiger partial charge on any atom is -0.462 e. The number of piperidine rings is 1. The SMILES string of the molecule is C=C[C@@]1(C)C[C@H](OC(=O)CSC2CC3CCC(C2)N3C)[C@@](C)(CCCC)C2C(=O)CCC2(C)[C@H](C)[C@H]1OC(=O)CCCCCCCCCOC(=O)c1c2n(c3cc(N4CCNCC4)c(F)cc3c1=O)C(C)S2. The van der Waals surface area contributed by atoms with Crippen molar-refractivity contribution in [3.05, 3.63) is 46.4 Å². The number of thioether (sulfide) groups is 2. The molecular formula is C57H83FN4O8S2. The summed E-state index contributed by atoms with van der Waals surface area (Å²) in [5.74, 6) is -1.56. The van der Waals surface area contributed by atoms with Gasteiger partial charge in [0.1, 0.15) is 29.4 Å². The maximum atomic E-state index is 15.4. The second-order valence-electron chi connectivity index (χ2n) is 23.1. The Morgan fingerprint density at radius 3 is 2.29 bits per heavy atom. The van der Waals surface area contributed by atoms with E-state index in [1.807, 2.05) is 22.5 Å². The quantitative estimate of drug-likeness (QED) is 0.0550. The lowest BCUT2D eigenvalue weighted by Crippen LogP contribution is -2.59. The van der Waals surface area contributed by atoms with E-state index in [2.05, 4.69) is 58.5 Å². The first-order chi connectivity index (χ1) is 34.4. The van der Waals surface area contributed by atoms with Crippen molar-refractivity contribution >= 4 is 63.8 Å². The molecule has 5 heterocycles. The average Bonchev–Trinajstić information content (AvgIpc) is 3.76. The summed E-state index contributed by atoms with van der Waals surface area (Å²) in [6.45, 7) is 20.2. The molecule has 0 radical (unpaired) electrons. The molecule has 4 aliphatic heterocycles. The standard InChI is InChI=1S/C57H83FN4O8S2/c1-9-11-23-57(7)46(69-48(65)35-71-40-30-38-20-21-39(31-40)60(38)8)34-55(5,10-2)52(36(3)56(6)24-22-45(63)51(56)57)70-47(64)19-17-15-13-12-14-16-18-29-68-54(67)49-50(66)41-32-42(58)44(61-27-25-59-26-28-61)33-43(41)62-37(4)72-53(49)62/h10,32-33,36-40,46,51-52,59H,2,9,11-31,34-35H2,1,3-8H3/t36-,37?,38?,39?,40?,46+,51?,52-,55+,56?,57-/m1/s1. The predicted octanol–water partition coefficient (Wildman–Crippen LogP) is 11.0. The van der Waals surface area contributed by atoms with Gasteiger partial charge in [-0.2, -0.15) is 0 Å². The topological polar surface area (TPSA) is 136 Å². The number of halogens is 1. The molecule has 5 fully saturated rings. The molecule has 5 unspecified atom stereocenters. The van der Waals surface area contributed by atoms with E-state index in [9.17, 15) is 24.0 Å². The van der Waals surface area contributed by atoms with Crippen LogP contribution in [0, 0.1) is 33.9 Å². The maximum absolute atomic E-state index is 15.4. The minimum atomic E-state index is -0.708. The van der Waals surface area contributed by atoms with Gasteiger partial charge in [-0.1, -0.05) is 97.4 Å². The Bertz CT molecular complexity index is 2380. The van der Waals surface area contributed by atoms with E-state index in [1.165, 1.54) is 30.7 Å². The zero-order valence-corrected chi connectivity index (χ0v) is 46.0. The van der Waals surface area contributed by atoms with E-state index >= 15 is 4.39 Å². The van der Waals surface area contributed by atoms with Crippen LogP contribution in [-0.2, 0) is 28.6 Å². The Balaban J connectivity index is 0.815. The maximum Gasteiger partial charge on any atom is 0.344 e. The molecule has 15 heteroatoms. The monoisotopic (exact) mass is 1030 g/mol. The molecule has 12 nitrogen and oxygen atoms in total. The summed E-state index contributed by atoms with van der Waals surface area (Å²) in [7, 11) is 2.23. The van der Waals surface area contributed by atoms with Crippen LogP contribution >= 0.6 is 23.5 Å². The van der Waals surface area contributed by atoms with Crippen molar-refractivity contribution in [2.45, 2.75) is 197 Å². The molecule has 0 spiro atoms. The number of carbonyl (C=O) groups excluding carboxylic acids is 4. The van der Waals surface area contributed by atoms with Crippen LogP contribution in [0.4, 0.5) is 10.1 Å². The van der Waals surface area contributed by atoms with Gasteiger partial charge in [-0.25, -0.2) is 9.18 Å². The van der Waals surface area contributed by atoms with Crippen LogP contribution in [0.5, 0.6) is 0 Å². The first-order valence-corrected chi connectivity index (χ1v) is 29.5. The number of carbonyl (C=O) groups is 4. The molecule has 3 saturated heterocycles. The third-order valence-corrected chi connectivity index (χ3v) is 20.8. The lowest BCUT2D eigenvalue weighted by Gasteiger charge is -2.56. The van der Waals surface area contributed by atoms with Crippen LogP contribution in [0.3, 0.4) is 0 Å². The number of ketones is 1. The number of benzene rings is 1. The number of piperazine rings is 1. The van der Waals surface area contributed by atoms with Gasteiger partial charge in [-0.05, 0) is 89.3 Å². The third-order valence-electron chi connectivity index (χ3n) is 18.4. The van der Waals surface area contributed by atoms with Crippen molar-refractivity contribution < 1.29 is 37.8 Å². The normalized spacial score (nSPS) is 32.3. The highest BCUT2D eigenvalue weighted by Gasteiger charge is 2.64. The first-order valence-electron chi connectivity index (χ1n) is 27.5. The molecule has 0 amide bonds. The summed E-state index contributed by atoms with van der Waals surface area (Å²) in [5, 5.41) is 4.49. The summed E-state index contributed by atoms with van der Waals surface area (Å²) in [6, 6.07) is 4.22. The number of Topliss-reactive ketones (excluding diaryl/α,β-unsaturated/α-hetero) is 1. The lowest BCUT2D eigenvalue weighted by molar-refractivity contribution is -0.192. The molecule has 6 aliphatic rings. The van der Waals surface area contributed by atoms with Crippen LogP contribution in [0.1, 0.15) is 173 Å². The number of nitrogens with zero attached hydrogens (tertiary/aromatic N) is 3. The highest BCUT2D eigenvalue weighted by Crippen LogP contribution is 2.62. The minimum absolute atomic E-state index is 0.00133. The van der Waals surface area contributed by atoms with Crippen molar-refractivity contribution in [1.82, 2.24) is 14.8 Å². The number of anilines is 1. The first kappa shape index (κ1) is 54.8. The Morgan fingerprint density at radius 1 is 0.944 bits per heavy atom. The summed E-state index contributed by atoms with van der Waals surface area (Å²) >= 11 is 3.18. The molecule has 2 saturated carbocycles. The fourth-order valence-electron chi connectivity index (χ4n) is 13.9. The van der Waals surface area contributed by atoms with E-state index in [0.717, 1.165) is 77.3 Å². The van der Waals surface area contributed by atoms with E-state index in [4.69, 9.17) is 14.2 Å². The van der Waals surface area contributed by atoms with Crippen molar-refractivity contribution in [3.63, 3.8) is 0 Å². The molecule has 1 N–H and O–H groups in total. The van der Waals surface area contributed by atoms with Crippen LogP contribution in [0.25, 0.3) is 10.9 Å². The fraction of sp³-hybridized carbons (Fsp3) is 0.737. The molecular weight excluding hydrogens is 952 g/mol. The predicted molar refractivity (Wildman–Crippen MR) is 286 cm³/mol. The number of hydrogen-bond acceptors (Lipinski definition) is 13. The van der Waals surface area contributed by atoms with E-state index in [0.29, 0.717) is 84.5 Å². The molecule has 2 bridgehead atoms. The fourth-order valence-corrected chi connectivity index (χ4v) is 16.2. The van der Waals surface area contributed by atoms with Crippen molar-refractivity contribution in [2.75, 3.05) is 50.5 Å². The molecule has 8 rings (SSSR count). The van der Waals surface area contributed by atoms with Crippen molar-refractivity contribution in [2.24, 2.45) is 28.1 Å². The summed E-state index contributed by atoms with van der Waals surface area (Å²) in [4.78, 5) is 73.6. The molecule has 398 valence electrons. The van der Waals surface area contributed by atoms with Crippen LogP contribution < -0.4 is 15.6 Å². The number of pyridine rings is 1. The van der Waals surface area contributed by atoms with Gasteiger partial charge in [0.05, 0.1) is 34.0 Å². The zero-order valence-electron chi connectivity index (χ0n) is 44.3. The Hall–Kier alpha value is -3.40. The summed E-state index contributed by atoms with van der Waals surface area (Å²) in [5.41, 5.74) is -1.16. The highest BCUT2D eigenvalue weighted by molar-refractivity contribution is 8.00. The van der Waals surface area contributed by atoms with Crippen molar-refractivity contribution in [3.8, 4) is 0 Å². The number of ether oxygens (including phenoxy) is 3. The number of rotatable bonds is 21. The van der Waals surface area contributed by atoms with Gasteiger partial charge in [0.25, 0.3) is 0 Å². The number of hydrogen-bond donors (Lipinski definition) is 1. The Morgan fingerprint density at radius 2 is 1.62 bits per heavy atom. The number of fused-ring (bicyclic) bond motifs is 6. The van der Waals surface area contributed by atoms with Gasteiger partial charge in [-0.3, -0.25) is 19.2 Å². The van der Waals surface area contributed by atoms with Crippen LogP contribution in [0.15, 0.2) is 34.6 Å². The van der Waals surface area contributed by atoms with Gasteiger partial charge in [0.2, 0.25) is 5.43 Å². The number of unbranched alkanes of at least 4 members (excludes halogenated alkanes) is 7. The smallest absolute Gasteiger partial charge is 0.344 e. The Kier molecular flexibility index (Phi) is 17.7. The van der Waals surface area contributed by atoms with Gasteiger partial charge in [0, 0.05) is 84.4 Å². The highest BCUT2D eigenvalue weighted by atomic mass is 32.2. The van der Waals surface area contributed by atoms with E-state index < -0.39 is 45.7 Å². The van der Waals surface area contributed by atoms with Crippen molar-refractivity contribution in [1.29, 1.82) is 0 Å². The molecule has 10 atom stereocenters. The van der Waals surface area contributed by atoms with Crippen LogP contribution in [0.2, 0.25) is 0 Å². The lowest BCUT2D eigenvalue weighted by atomic mass is 9.50. The Labute approximate surface area is 436 Å². The average molecular weight is 1040 g/mol.